The molecule has 0 aliphatic rings. The number of aliphatic carboxylic acids is 2. The highest BCUT2D eigenvalue weighted by Crippen LogP contribution is 2.04. The van der Waals surface area contributed by atoms with Gasteiger partial charge in [0.15, 0.2) is 0 Å². The molecular weight excluding hydrogens is 238 g/mol. The van der Waals surface area contributed by atoms with E-state index in [9.17, 15) is 14.4 Å². The van der Waals surface area contributed by atoms with Crippen molar-refractivity contribution in [1.82, 2.24) is 0 Å². The summed E-state index contributed by atoms with van der Waals surface area (Å²) in [6.07, 6.45) is 0.947. The number of nitrogens with two attached hydrogens (primary N) is 1. The lowest BCUT2D eigenvalue weighted by Gasteiger charge is -2.11. The normalized spacial score (nSPS) is 13.2. The maximum Gasteiger partial charge on any atom is 0.372 e. The van der Waals surface area contributed by atoms with Crippen molar-refractivity contribution in [3.05, 3.63) is 0 Å². The molecule has 0 rings (SSSR count). The van der Waals surface area contributed by atoms with Gasteiger partial charge >= 0.3 is 11.9 Å². The van der Waals surface area contributed by atoms with E-state index in [4.69, 9.17) is 15.9 Å². The number of carboxylic acids is 2. The zero-order chi connectivity index (χ0) is 14.9. The van der Waals surface area contributed by atoms with Gasteiger partial charge in [0.05, 0.1) is 0 Å². The third-order valence-corrected chi connectivity index (χ3v) is 2.37. The highest BCUT2D eigenvalue weighted by atomic mass is 16.4. The summed E-state index contributed by atoms with van der Waals surface area (Å²) in [7, 11) is 0. The lowest BCUT2D eigenvalue weighted by Crippen LogP contribution is -2.36. The first-order chi connectivity index (χ1) is 8.13. The SMILES string of the molecule is CC(C)CC(=O)C(=O)O.CC[C@H](C)[C@H](N)C(=O)O. The van der Waals surface area contributed by atoms with E-state index in [2.05, 4.69) is 0 Å². The number of carbonyl (C=O) groups is 3. The molecule has 0 saturated heterocycles. The fourth-order valence-corrected chi connectivity index (χ4v) is 0.955. The first kappa shape index (κ1) is 18.9. The van der Waals surface area contributed by atoms with Crippen molar-refractivity contribution in [2.24, 2.45) is 17.6 Å². The van der Waals surface area contributed by atoms with Crippen LogP contribution in [0, 0.1) is 11.8 Å². The van der Waals surface area contributed by atoms with Crippen molar-refractivity contribution in [3.8, 4) is 0 Å². The molecule has 18 heavy (non-hydrogen) atoms. The van der Waals surface area contributed by atoms with Gasteiger partial charge in [-0.1, -0.05) is 34.1 Å². The van der Waals surface area contributed by atoms with Crippen LogP contribution >= 0.6 is 0 Å². The summed E-state index contributed by atoms with van der Waals surface area (Å²) in [6, 6.07) is -0.699. The molecule has 0 aliphatic heterocycles. The molecule has 0 bridgehead atoms. The largest absolute Gasteiger partial charge is 0.480 e. The minimum Gasteiger partial charge on any atom is -0.480 e. The molecule has 0 spiro atoms. The first-order valence-electron chi connectivity index (χ1n) is 5.87. The second-order valence-corrected chi connectivity index (χ2v) is 4.58. The maximum atomic E-state index is 10.4. The zero-order valence-corrected chi connectivity index (χ0v) is 11.3. The molecule has 2 atom stereocenters. The minimum absolute atomic E-state index is 0.0718. The van der Waals surface area contributed by atoms with Gasteiger partial charge in [-0.15, -0.1) is 0 Å². The monoisotopic (exact) mass is 261 g/mol. The molecule has 0 saturated carbocycles. The Hall–Kier alpha value is -1.43. The van der Waals surface area contributed by atoms with Crippen LogP contribution in [0.2, 0.25) is 0 Å². The van der Waals surface area contributed by atoms with Crippen LogP contribution in [-0.2, 0) is 14.4 Å². The van der Waals surface area contributed by atoms with Crippen LogP contribution in [0.25, 0.3) is 0 Å². The molecule has 106 valence electrons. The fourth-order valence-electron chi connectivity index (χ4n) is 0.955. The van der Waals surface area contributed by atoms with Crippen LogP contribution in [0.4, 0.5) is 0 Å². The Kier molecular flexibility index (Phi) is 10.1. The van der Waals surface area contributed by atoms with Crippen LogP contribution < -0.4 is 5.73 Å². The highest BCUT2D eigenvalue weighted by molar-refractivity contribution is 6.32. The molecule has 0 radical (unpaired) electrons. The fraction of sp³-hybridized carbons (Fsp3) is 0.750. The molecule has 0 heterocycles. The Balaban J connectivity index is 0. The van der Waals surface area contributed by atoms with Crippen molar-refractivity contribution >= 4 is 17.7 Å². The van der Waals surface area contributed by atoms with Gasteiger partial charge in [0.25, 0.3) is 0 Å². The van der Waals surface area contributed by atoms with Crippen LogP contribution in [-0.4, -0.2) is 34.0 Å². The Labute approximate surface area is 107 Å². The van der Waals surface area contributed by atoms with Crippen LogP contribution in [0.15, 0.2) is 0 Å². The summed E-state index contributed by atoms with van der Waals surface area (Å²) in [5.41, 5.74) is 5.27. The summed E-state index contributed by atoms with van der Waals surface area (Å²) in [4.78, 5) is 30.4. The molecule has 4 N–H and O–H groups in total. The van der Waals surface area contributed by atoms with E-state index in [-0.39, 0.29) is 18.3 Å². The number of hydrogen-bond acceptors (Lipinski definition) is 4. The number of rotatable bonds is 6. The smallest absolute Gasteiger partial charge is 0.372 e. The lowest BCUT2D eigenvalue weighted by molar-refractivity contribution is -0.149. The lowest BCUT2D eigenvalue weighted by atomic mass is 10.0. The molecule has 0 amide bonds. The van der Waals surface area contributed by atoms with E-state index in [1.54, 1.807) is 13.8 Å². The van der Waals surface area contributed by atoms with Gasteiger partial charge in [-0.25, -0.2) is 4.79 Å². The van der Waals surface area contributed by atoms with E-state index in [1.165, 1.54) is 0 Å². The minimum atomic E-state index is -1.33. The van der Waals surface area contributed by atoms with Gasteiger partial charge in [0.2, 0.25) is 5.78 Å². The molecule has 6 nitrogen and oxygen atoms in total. The summed E-state index contributed by atoms with van der Waals surface area (Å²) in [6.45, 7) is 7.37. The van der Waals surface area contributed by atoms with E-state index in [1.807, 2.05) is 13.8 Å². The molecular formula is C12H23NO5. The average molecular weight is 261 g/mol. The van der Waals surface area contributed by atoms with Crippen molar-refractivity contribution in [3.63, 3.8) is 0 Å². The Morgan fingerprint density at radius 1 is 1.11 bits per heavy atom. The van der Waals surface area contributed by atoms with Crippen LogP contribution in [0.1, 0.15) is 40.5 Å². The summed E-state index contributed by atoms with van der Waals surface area (Å²) >= 11 is 0. The molecule has 0 aromatic rings. The zero-order valence-electron chi connectivity index (χ0n) is 11.3. The van der Waals surface area contributed by atoms with Gasteiger partial charge in [-0.2, -0.15) is 0 Å². The highest BCUT2D eigenvalue weighted by Gasteiger charge is 2.17. The number of Topliss-reactive ketones (excluding diaryl/α,β-unsaturated/α-hetero) is 1. The van der Waals surface area contributed by atoms with Gasteiger partial charge in [-0.05, 0) is 11.8 Å². The third-order valence-electron chi connectivity index (χ3n) is 2.37. The Morgan fingerprint density at radius 3 is 1.67 bits per heavy atom. The second kappa shape index (κ2) is 9.58. The number of hydrogen-bond donors (Lipinski definition) is 3. The summed E-state index contributed by atoms with van der Waals surface area (Å²) < 4.78 is 0. The Bertz CT molecular complexity index is 288. The molecule has 6 heteroatoms. The van der Waals surface area contributed by atoms with Gasteiger partial charge in [-0.3, -0.25) is 9.59 Å². The number of carboxylic acid groups (broad SMARTS) is 2. The van der Waals surface area contributed by atoms with Gasteiger partial charge < -0.3 is 15.9 Å². The van der Waals surface area contributed by atoms with E-state index >= 15 is 0 Å². The van der Waals surface area contributed by atoms with Gasteiger partial charge in [0.1, 0.15) is 6.04 Å². The molecule has 0 fully saturated rings. The third kappa shape index (κ3) is 9.77. The van der Waals surface area contributed by atoms with Crippen molar-refractivity contribution < 1.29 is 24.6 Å². The molecule has 0 aromatic carbocycles. The molecule has 0 aromatic heterocycles. The average Bonchev–Trinajstić information content (AvgIpc) is 2.26. The van der Waals surface area contributed by atoms with Gasteiger partial charge in [0, 0.05) is 6.42 Å². The van der Waals surface area contributed by atoms with Crippen molar-refractivity contribution in [1.29, 1.82) is 0 Å². The molecule has 0 aliphatic carbocycles. The van der Waals surface area contributed by atoms with Crippen molar-refractivity contribution in [2.75, 3.05) is 0 Å². The van der Waals surface area contributed by atoms with Crippen LogP contribution in [0.5, 0.6) is 0 Å². The van der Waals surface area contributed by atoms with E-state index in [0.717, 1.165) is 6.42 Å². The topological polar surface area (TPSA) is 118 Å². The second-order valence-electron chi connectivity index (χ2n) is 4.58. The predicted molar refractivity (Wildman–Crippen MR) is 67.2 cm³/mol. The van der Waals surface area contributed by atoms with Crippen LogP contribution in [0.3, 0.4) is 0 Å². The molecule has 0 unspecified atom stereocenters. The number of ketones is 1. The van der Waals surface area contributed by atoms with E-state index < -0.39 is 23.8 Å². The summed E-state index contributed by atoms with van der Waals surface area (Å²) in [5, 5.41) is 16.4. The Morgan fingerprint density at radius 2 is 1.56 bits per heavy atom. The quantitative estimate of drug-likeness (QED) is 0.617. The summed E-state index contributed by atoms with van der Waals surface area (Å²) in [5.74, 6) is -2.74. The number of carbonyl (C=O) groups excluding carboxylic acids is 1. The predicted octanol–water partition coefficient (Wildman–Crippen LogP) is 1.13. The maximum absolute atomic E-state index is 10.4. The van der Waals surface area contributed by atoms with E-state index in [0.29, 0.717) is 0 Å². The standard InChI is InChI=1S/C6H13NO2.C6H10O3/c1-3-4(2)5(7)6(8)9;1-4(2)3-5(7)6(8)9/h4-5H,3,7H2,1-2H3,(H,8,9);4H,3H2,1-2H3,(H,8,9)/t4-,5-;/m0./s1. The first-order valence-corrected chi connectivity index (χ1v) is 5.87. The van der Waals surface area contributed by atoms with Crippen molar-refractivity contribution in [2.45, 2.75) is 46.6 Å².